The van der Waals surface area contributed by atoms with Gasteiger partial charge >= 0.3 is 19.8 Å². The summed E-state index contributed by atoms with van der Waals surface area (Å²) in [6, 6.07) is -1.55. The second kappa shape index (κ2) is 47.5. The van der Waals surface area contributed by atoms with Gasteiger partial charge in [0.25, 0.3) is 0 Å². The molecular formula is C52H98NO10P. The standard InChI is InChI=1S/C52H98NO10P/c1-3-5-7-9-11-13-15-17-19-21-23-24-26-27-29-31-33-35-37-39-41-43-50(55)53-49(52(57)58)47-63-64(59,60)62-46-48(54)45-61-51(56)44-42-40-38-36-34-32-30-28-25-22-20-18-16-14-12-10-8-6-4-2/h17-20,48-49,54H,3-16,21-47H2,1-2H3,(H,53,55)(H,57,58)(H,59,60)/b19-17+,20-18+. The van der Waals surface area contributed by atoms with Crippen LogP contribution in [0.25, 0.3) is 0 Å². The van der Waals surface area contributed by atoms with Gasteiger partial charge in [-0.15, -0.1) is 0 Å². The number of amides is 1. The molecule has 0 rings (SSSR count). The van der Waals surface area contributed by atoms with Gasteiger partial charge in [0.1, 0.15) is 12.7 Å². The predicted octanol–water partition coefficient (Wildman–Crippen LogP) is 14.6. The zero-order valence-electron chi connectivity index (χ0n) is 41.1. The van der Waals surface area contributed by atoms with Gasteiger partial charge in [0.15, 0.2) is 6.04 Å². The molecule has 0 aromatic carbocycles. The zero-order valence-corrected chi connectivity index (χ0v) is 42.0. The van der Waals surface area contributed by atoms with Gasteiger partial charge in [-0.25, -0.2) is 9.36 Å². The maximum atomic E-state index is 12.4. The van der Waals surface area contributed by atoms with E-state index in [2.05, 4.69) is 43.5 Å². The molecule has 12 heteroatoms. The van der Waals surface area contributed by atoms with E-state index >= 15 is 0 Å². The third kappa shape index (κ3) is 46.5. The average Bonchev–Trinajstić information content (AvgIpc) is 3.27. The lowest BCUT2D eigenvalue weighted by molar-refractivity contribution is -0.147. The summed E-state index contributed by atoms with van der Waals surface area (Å²) in [7, 11) is -4.76. The molecule has 3 unspecified atom stereocenters. The Kier molecular flexibility index (Phi) is 45.9. The lowest BCUT2D eigenvalue weighted by atomic mass is 10.0. The number of ether oxygens (including phenoxy) is 1. The number of hydrogen-bond acceptors (Lipinski definition) is 8. The Morgan fingerprint density at radius 2 is 0.812 bits per heavy atom. The third-order valence-electron chi connectivity index (χ3n) is 11.7. The lowest BCUT2D eigenvalue weighted by Gasteiger charge is -2.18. The number of aliphatic hydroxyl groups excluding tert-OH is 1. The first-order valence-corrected chi connectivity index (χ1v) is 27.9. The van der Waals surface area contributed by atoms with Crippen LogP contribution in [0.4, 0.5) is 0 Å². The summed E-state index contributed by atoms with van der Waals surface area (Å²) in [5, 5.41) is 21.9. The van der Waals surface area contributed by atoms with Crippen molar-refractivity contribution in [1.82, 2.24) is 5.32 Å². The van der Waals surface area contributed by atoms with Gasteiger partial charge in [-0.1, -0.05) is 205 Å². The number of aliphatic hydroxyl groups is 1. The van der Waals surface area contributed by atoms with E-state index in [9.17, 15) is 34.1 Å². The van der Waals surface area contributed by atoms with Gasteiger partial charge in [0.2, 0.25) is 5.91 Å². The molecule has 0 aromatic rings. The van der Waals surface area contributed by atoms with Crippen molar-refractivity contribution in [2.45, 2.75) is 270 Å². The fourth-order valence-corrected chi connectivity index (χ4v) is 8.37. The van der Waals surface area contributed by atoms with Crippen molar-refractivity contribution in [1.29, 1.82) is 0 Å². The molecule has 376 valence electrons. The molecule has 0 aliphatic heterocycles. The minimum absolute atomic E-state index is 0.147. The van der Waals surface area contributed by atoms with Gasteiger partial charge in [0.05, 0.1) is 13.2 Å². The van der Waals surface area contributed by atoms with E-state index in [0.717, 1.165) is 38.5 Å². The van der Waals surface area contributed by atoms with Crippen molar-refractivity contribution in [2.75, 3.05) is 19.8 Å². The zero-order chi connectivity index (χ0) is 47.0. The summed E-state index contributed by atoms with van der Waals surface area (Å²) in [5.74, 6) is -2.36. The van der Waals surface area contributed by atoms with Crippen LogP contribution in [0.5, 0.6) is 0 Å². The van der Waals surface area contributed by atoms with Crippen LogP contribution in [0.15, 0.2) is 24.3 Å². The van der Waals surface area contributed by atoms with E-state index < -0.39 is 57.6 Å². The summed E-state index contributed by atoms with van der Waals surface area (Å²) in [6.07, 6.45) is 52.0. The van der Waals surface area contributed by atoms with Gasteiger partial charge in [-0.2, -0.15) is 0 Å². The average molecular weight is 928 g/mol. The summed E-state index contributed by atoms with van der Waals surface area (Å²) in [5.41, 5.74) is 0. The minimum atomic E-state index is -4.76. The number of hydrogen-bond donors (Lipinski definition) is 4. The monoisotopic (exact) mass is 928 g/mol. The SMILES string of the molecule is CCCCCCCC/C=C/CCCCCCCCCCCCCC(=O)NC(COP(=O)(O)OCC(O)COC(=O)CCCCCCCCCCC/C=C/CCCCCCCC)C(=O)O. The topological polar surface area (TPSA) is 169 Å². The maximum Gasteiger partial charge on any atom is 0.472 e. The van der Waals surface area contributed by atoms with E-state index in [4.69, 9.17) is 13.8 Å². The van der Waals surface area contributed by atoms with Gasteiger partial charge in [-0.05, 0) is 64.2 Å². The third-order valence-corrected chi connectivity index (χ3v) is 12.7. The van der Waals surface area contributed by atoms with Crippen LogP contribution >= 0.6 is 7.82 Å². The van der Waals surface area contributed by atoms with E-state index in [1.807, 2.05) is 0 Å². The Balaban J connectivity index is 3.80. The van der Waals surface area contributed by atoms with Crippen LogP contribution in [-0.4, -0.2) is 64.9 Å². The molecule has 0 radical (unpaired) electrons. The van der Waals surface area contributed by atoms with E-state index in [1.165, 1.54) is 180 Å². The van der Waals surface area contributed by atoms with E-state index in [-0.39, 0.29) is 12.8 Å². The van der Waals surface area contributed by atoms with Crippen LogP contribution in [0, 0.1) is 0 Å². The normalized spacial score (nSPS) is 13.7. The first-order valence-electron chi connectivity index (χ1n) is 26.4. The largest absolute Gasteiger partial charge is 0.480 e. The number of allylic oxidation sites excluding steroid dienone is 4. The van der Waals surface area contributed by atoms with Crippen molar-refractivity contribution in [3.05, 3.63) is 24.3 Å². The number of nitrogens with one attached hydrogen (secondary N) is 1. The Labute approximate surface area is 391 Å². The summed E-state index contributed by atoms with van der Waals surface area (Å²) in [4.78, 5) is 46.1. The highest BCUT2D eigenvalue weighted by atomic mass is 31.2. The maximum absolute atomic E-state index is 12.4. The van der Waals surface area contributed by atoms with Crippen LogP contribution in [0.1, 0.15) is 258 Å². The van der Waals surface area contributed by atoms with Crippen molar-refractivity contribution >= 4 is 25.7 Å². The lowest BCUT2D eigenvalue weighted by Crippen LogP contribution is -2.43. The number of carbonyl (C=O) groups excluding carboxylic acids is 2. The fraction of sp³-hybridized carbons (Fsp3) is 0.865. The molecule has 0 saturated heterocycles. The Morgan fingerprint density at radius 1 is 0.484 bits per heavy atom. The van der Waals surface area contributed by atoms with Gasteiger partial charge in [-0.3, -0.25) is 18.6 Å². The number of carbonyl (C=O) groups is 3. The highest BCUT2D eigenvalue weighted by Gasteiger charge is 2.28. The number of phosphoric ester groups is 1. The molecule has 0 spiro atoms. The van der Waals surface area contributed by atoms with Crippen LogP contribution < -0.4 is 5.32 Å². The van der Waals surface area contributed by atoms with Crippen molar-refractivity contribution in [3.63, 3.8) is 0 Å². The summed E-state index contributed by atoms with van der Waals surface area (Å²) < 4.78 is 27.0. The number of rotatable bonds is 50. The molecule has 0 aromatic heterocycles. The molecule has 0 aliphatic carbocycles. The Bertz CT molecular complexity index is 1180. The van der Waals surface area contributed by atoms with E-state index in [0.29, 0.717) is 12.8 Å². The number of esters is 1. The summed E-state index contributed by atoms with van der Waals surface area (Å²) in [6.45, 7) is 2.63. The molecule has 3 atom stereocenters. The molecule has 0 heterocycles. The predicted molar refractivity (Wildman–Crippen MR) is 263 cm³/mol. The molecule has 0 bridgehead atoms. The molecule has 11 nitrogen and oxygen atoms in total. The highest BCUT2D eigenvalue weighted by Crippen LogP contribution is 2.43. The molecule has 0 aliphatic rings. The number of aliphatic carboxylic acids is 1. The minimum Gasteiger partial charge on any atom is -0.480 e. The second-order valence-corrected chi connectivity index (χ2v) is 19.5. The molecule has 4 N–H and O–H groups in total. The summed E-state index contributed by atoms with van der Waals surface area (Å²) >= 11 is 0. The smallest absolute Gasteiger partial charge is 0.472 e. The number of phosphoric acid groups is 1. The molecule has 0 fully saturated rings. The fourth-order valence-electron chi connectivity index (χ4n) is 7.60. The molecular weight excluding hydrogens is 830 g/mol. The molecule has 64 heavy (non-hydrogen) atoms. The van der Waals surface area contributed by atoms with Crippen molar-refractivity contribution in [2.24, 2.45) is 0 Å². The van der Waals surface area contributed by atoms with Crippen LogP contribution in [0.2, 0.25) is 0 Å². The first-order chi connectivity index (χ1) is 31.1. The van der Waals surface area contributed by atoms with Crippen molar-refractivity contribution < 1.29 is 47.8 Å². The Morgan fingerprint density at radius 3 is 1.19 bits per heavy atom. The van der Waals surface area contributed by atoms with Gasteiger partial charge in [0, 0.05) is 12.8 Å². The van der Waals surface area contributed by atoms with Crippen LogP contribution in [-0.2, 0) is 32.7 Å². The molecule has 1 amide bonds. The number of carboxylic acids is 1. The quantitative estimate of drug-likeness (QED) is 0.0199. The Hall–Kier alpha value is -2.04. The highest BCUT2D eigenvalue weighted by molar-refractivity contribution is 7.47. The number of unbranched alkanes of at least 4 members (excludes halogenated alkanes) is 32. The van der Waals surface area contributed by atoms with Crippen molar-refractivity contribution in [3.8, 4) is 0 Å². The van der Waals surface area contributed by atoms with Gasteiger partial charge < -0.3 is 25.2 Å². The second-order valence-electron chi connectivity index (χ2n) is 18.1. The molecule has 0 saturated carbocycles. The number of carboxylic acid groups (broad SMARTS) is 1. The first kappa shape index (κ1) is 62.0. The van der Waals surface area contributed by atoms with Crippen LogP contribution in [0.3, 0.4) is 0 Å². The van der Waals surface area contributed by atoms with E-state index in [1.54, 1.807) is 0 Å².